The third-order valence-electron chi connectivity index (χ3n) is 1.81. The van der Waals surface area contributed by atoms with Gasteiger partial charge in [-0.05, 0) is 17.7 Å². The van der Waals surface area contributed by atoms with Crippen molar-refractivity contribution in [3.8, 4) is 0 Å². The minimum absolute atomic E-state index is 0.428. The summed E-state index contributed by atoms with van der Waals surface area (Å²) in [7, 11) is 0. The van der Waals surface area contributed by atoms with E-state index in [0.29, 0.717) is 6.07 Å². The first-order valence-corrected chi connectivity index (χ1v) is 3.85. The lowest BCUT2D eigenvalue weighted by molar-refractivity contribution is -0.138. The van der Waals surface area contributed by atoms with Gasteiger partial charge in [0.2, 0.25) is 0 Å². The summed E-state index contributed by atoms with van der Waals surface area (Å²) in [6.45, 7) is -1.28. The first-order chi connectivity index (χ1) is 6.86. The molecule has 1 aromatic carbocycles. The van der Waals surface area contributed by atoms with Gasteiger partial charge in [0.1, 0.15) is 6.67 Å². The predicted octanol–water partition coefficient (Wildman–Crippen LogP) is 2.87. The largest absolute Gasteiger partial charge is 0.478 e. The van der Waals surface area contributed by atoms with E-state index < -0.39 is 35.5 Å². The third kappa shape index (κ3) is 2.45. The summed E-state index contributed by atoms with van der Waals surface area (Å²) in [4.78, 5) is 10.4. The molecule has 82 valence electrons. The molecule has 1 aromatic rings. The minimum Gasteiger partial charge on any atom is -0.478 e. The first kappa shape index (κ1) is 11.5. The topological polar surface area (TPSA) is 37.3 Å². The molecular formula is C9H6F4O2. The number of aromatic carboxylic acids is 1. The van der Waals surface area contributed by atoms with E-state index in [1.807, 2.05) is 0 Å². The van der Waals surface area contributed by atoms with Crippen molar-refractivity contribution in [1.29, 1.82) is 0 Å². The van der Waals surface area contributed by atoms with E-state index in [9.17, 15) is 22.4 Å². The van der Waals surface area contributed by atoms with Gasteiger partial charge in [-0.15, -0.1) is 0 Å². The second-order valence-corrected chi connectivity index (χ2v) is 2.81. The Balaban J connectivity index is 3.32. The molecule has 0 atom stereocenters. The molecule has 0 saturated heterocycles. The van der Waals surface area contributed by atoms with Crippen LogP contribution in [0.2, 0.25) is 0 Å². The van der Waals surface area contributed by atoms with E-state index in [1.54, 1.807) is 0 Å². The number of hydrogen-bond donors (Lipinski definition) is 1. The maximum atomic E-state index is 12.3. The van der Waals surface area contributed by atoms with Crippen LogP contribution in [-0.4, -0.2) is 11.1 Å². The first-order valence-electron chi connectivity index (χ1n) is 3.85. The highest BCUT2D eigenvalue weighted by Gasteiger charge is 2.33. The Morgan fingerprint density at radius 3 is 2.33 bits per heavy atom. The number of rotatable bonds is 2. The summed E-state index contributed by atoms with van der Waals surface area (Å²) < 4.78 is 49.2. The molecule has 1 rings (SSSR count). The average molecular weight is 222 g/mol. The molecule has 2 nitrogen and oxygen atoms in total. The van der Waals surface area contributed by atoms with E-state index in [1.165, 1.54) is 0 Å². The fourth-order valence-electron chi connectivity index (χ4n) is 1.09. The lowest BCUT2D eigenvalue weighted by Crippen LogP contribution is -2.10. The van der Waals surface area contributed by atoms with Crippen LogP contribution in [0.3, 0.4) is 0 Å². The van der Waals surface area contributed by atoms with Crippen molar-refractivity contribution in [1.82, 2.24) is 0 Å². The van der Waals surface area contributed by atoms with Crippen LogP contribution in [0.15, 0.2) is 18.2 Å². The molecule has 0 saturated carbocycles. The van der Waals surface area contributed by atoms with Gasteiger partial charge < -0.3 is 5.11 Å². The van der Waals surface area contributed by atoms with Gasteiger partial charge in [-0.3, -0.25) is 0 Å². The van der Waals surface area contributed by atoms with Gasteiger partial charge in [0.25, 0.3) is 0 Å². The maximum Gasteiger partial charge on any atom is 0.416 e. The van der Waals surface area contributed by atoms with Gasteiger partial charge in [0.15, 0.2) is 0 Å². The van der Waals surface area contributed by atoms with E-state index in [4.69, 9.17) is 5.11 Å². The molecular weight excluding hydrogens is 216 g/mol. The molecule has 0 heterocycles. The van der Waals surface area contributed by atoms with Crippen LogP contribution in [0.5, 0.6) is 0 Å². The fraction of sp³-hybridized carbons (Fsp3) is 0.222. The van der Waals surface area contributed by atoms with Crippen molar-refractivity contribution in [3.63, 3.8) is 0 Å². The van der Waals surface area contributed by atoms with Crippen LogP contribution in [0.4, 0.5) is 17.6 Å². The Labute approximate surface area is 82.1 Å². The summed E-state index contributed by atoms with van der Waals surface area (Å²) in [5, 5.41) is 8.48. The maximum absolute atomic E-state index is 12.3. The van der Waals surface area contributed by atoms with Crippen LogP contribution in [0.1, 0.15) is 21.5 Å². The highest BCUT2D eigenvalue weighted by atomic mass is 19.4. The van der Waals surface area contributed by atoms with Gasteiger partial charge in [-0.2, -0.15) is 13.2 Å². The van der Waals surface area contributed by atoms with Crippen LogP contribution >= 0.6 is 0 Å². The summed E-state index contributed by atoms with van der Waals surface area (Å²) in [5.41, 5.74) is -2.32. The summed E-state index contributed by atoms with van der Waals surface area (Å²) >= 11 is 0. The second-order valence-electron chi connectivity index (χ2n) is 2.81. The SMILES string of the molecule is O=C(O)c1ccc(CF)c(C(F)(F)F)c1. The van der Waals surface area contributed by atoms with Crippen molar-refractivity contribution in [2.45, 2.75) is 12.9 Å². The van der Waals surface area contributed by atoms with Crippen molar-refractivity contribution in [2.75, 3.05) is 0 Å². The molecule has 15 heavy (non-hydrogen) atoms. The molecule has 0 aliphatic carbocycles. The van der Waals surface area contributed by atoms with Crippen LogP contribution in [-0.2, 0) is 12.9 Å². The highest BCUT2D eigenvalue weighted by Crippen LogP contribution is 2.33. The molecule has 0 radical (unpaired) electrons. The molecule has 6 heteroatoms. The van der Waals surface area contributed by atoms with Gasteiger partial charge >= 0.3 is 12.1 Å². The van der Waals surface area contributed by atoms with E-state index in [2.05, 4.69) is 0 Å². The minimum atomic E-state index is -4.74. The van der Waals surface area contributed by atoms with Crippen LogP contribution in [0, 0.1) is 0 Å². The van der Waals surface area contributed by atoms with Crippen LogP contribution < -0.4 is 0 Å². The Morgan fingerprint density at radius 1 is 1.33 bits per heavy atom. The zero-order chi connectivity index (χ0) is 11.6. The summed E-state index contributed by atoms with van der Waals surface area (Å²) in [6.07, 6.45) is -4.74. The van der Waals surface area contributed by atoms with Gasteiger partial charge in [-0.1, -0.05) is 6.07 Å². The number of halogens is 4. The smallest absolute Gasteiger partial charge is 0.416 e. The quantitative estimate of drug-likeness (QED) is 0.781. The number of alkyl halides is 4. The van der Waals surface area contributed by atoms with Crippen molar-refractivity contribution in [3.05, 3.63) is 34.9 Å². The Hall–Kier alpha value is -1.59. The lowest BCUT2D eigenvalue weighted by atomic mass is 10.0. The lowest BCUT2D eigenvalue weighted by Gasteiger charge is -2.11. The van der Waals surface area contributed by atoms with Gasteiger partial charge in [-0.25, -0.2) is 9.18 Å². The number of hydrogen-bond acceptors (Lipinski definition) is 1. The number of carbonyl (C=O) groups is 1. The number of benzene rings is 1. The molecule has 0 amide bonds. The molecule has 0 aliphatic rings. The standard InChI is InChI=1S/C9H6F4O2/c10-4-6-2-1-5(8(14)15)3-7(6)9(11,12)13/h1-3H,4H2,(H,14,15). The number of carboxylic acids is 1. The zero-order valence-electron chi connectivity index (χ0n) is 7.31. The normalized spacial score (nSPS) is 11.5. The van der Waals surface area contributed by atoms with Gasteiger partial charge in [0, 0.05) is 0 Å². The molecule has 0 fully saturated rings. The van der Waals surface area contributed by atoms with E-state index in [0.717, 1.165) is 12.1 Å². The molecule has 0 bridgehead atoms. The fourth-order valence-corrected chi connectivity index (χ4v) is 1.09. The molecule has 0 spiro atoms. The summed E-state index contributed by atoms with van der Waals surface area (Å²) in [6, 6.07) is 2.19. The Morgan fingerprint density at radius 2 is 1.93 bits per heavy atom. The predicted molar refractivity (Wildman–Crippen MR) is 43.2 cm³/mol. The molecule has 0 aliphatic heterocycles. The van der Waals surface area contributed by atoms with E-state index >= 15 is 0 Å². The monoisotopic (exact) mass is 222 g/mol. The highest BCUT2D eigenvalue weighted by molar-refractivity contribution is 5.87. The molecule has 0 unspecified atom stereocenters. The van der Waals surface area contributed by atoms with Crippen molar-refractivity contribution >= 4 is 5.97 Å². The van der Waals surface area contributed by atoms with Gasteiger partial charge in [0.05, 0.1) is 11.1 Å². The number of carboxylic acid groups (broad SMARTS) is 1. The zero-order valence-corrected chi connectivity index (χ0v) is 7.31. The van der Waals surface area contributed by atoms with Crippen LogP contribution in [0.25, 0.3) is 0 Å². The molecule has 1 N–H and O–H groups in total. The Kier molecular flexibility index (Phi) is 2.97. The second kappa shape index (κ2) is 3.88. The summed E-state index contributed by atoms with van der Waals surface area (Å²) in [5.74, 6) is -1.48. The Bertz CT molecular complexity index is 384. The van der Waals surface area contributed by atoms with E-state index in [-0.39, 0.29) is 0 Å². The average Bonchev–Trinajstić information content (AvgIpc) is 2.15. The van der Waals surface area contributed by atoms with Crippen molar-refractivity contribution < 1.29 is 27.5 Å². The molecule has 0 aromatic heterocycles. The van der Waals surface area contributed by atoms with Crippen molar-refractivity contribution in [2.24, 2.45) is 0 Å². The third-order valence-corrected chi connectivity index (χ3v) is 1.81.